The van der Waals surface area contributed by atoms with E-state index in [1.165, 1.54) is 7.11 Å². The highest BCUT2D eigenvalue weighted by Crippen LogP contribution is 2.20. The van der Waals surface area contributed by atoms with Gasteiger partial charge in [0.15, 0.2) is 0 Å². The molecule has 0 N–H and O–H groups in total. The molecule has 0 bridgehead atoms. The number of methoxy groups -OCH3 is 1. The third-order valence-corrected chi connectivity index (χ3v) is 4.22. The highest BCUT2D eigenvalue weighted by molar-refractivity contribution is 5.99. The highest BCUT2D eigenvalue weighted by atomic mass is 16.6. The Kier molecular flexibility index (Phi) is 8.46. The standard InChI is InChI=1S/C22H27NO5/c1-16-12-17(2)21-18(13-16)14-19(23-28-15-20(24)26-3)10-8-6-4-5-7-9-11-27-22(21)25/h5,7-8,10,12-13H,4,6,9,11,14-15H2,1-3H3/b7-5+,10-8+,23-19+. The maximum absolute atomic E-state index is 12.7. The molecular weight excluding hydrogens is 358 g/mol. The number of allylic oxidation sites excluding steroid dienone is 3. The third kappa shape index (κ3) is 6.68. The Balaban J connectivity index is 2.36. The molecule has 0 unspecified atom stereocenters. The van der Waals surface area contributed by atoms with E-state index < -0.39 is 5.97 Å². The minimum atomic E-state index is -0.505. The predicted molar refractivity (Wildman–Crippen MR) is 107 cm³/mol. The van der Waals surface area contributed by atoms with Crippen LogP contribution < -0.4 is 0 Å². The van der Waals surface area contributed by atoms with Gasteiger partial charge in [-0.05, 0) is 50.3 Å². The van der Waals surface area contributed by atoms with Crippen molar-refractivity contribution in [3.8, 4) is 0 Å². The van der Waals surface area contributed by atoms with Crippen LogP contribution in [-0.4, -0.2) is 38.0 Å². The quantitative estimate of drug-likeness (QED) is 0.449. The summed E-state index contributed by atoms with van der Waals surface area (Å²) in [5.74, 6) is -0.841. The number of cyclic esters (lactones) is 1. The zero-order valence-corrected chi connectivity index (χ0v) is 16.7. The average Bonchev–Trinajstić information content (AvgIpc) is 2.65. The normalized spacial score (nSPS) is 19.1. The molecule has 6 heteroatoms. The number of fused-ring (bicyclic) bond motifs is 1. The van der Waals surface area contributed by atoms with E-state index in [0.29, 0.717) is 30.7 Å². The van der Waals surface area contributed by atoms with Crippen molar-refractivity contribution >= 4 is 17.7 Å². The summed E-state index contributed by atoms with van der Waals surface area (Å²) in [6, 6.07) is 3.92. The molecule has 0 saturated carbocycles. The van der Waals surface area contributed by atoms with Gasteiger partial charge >= 0.3 is 11.9 Å². The van der Waals surface area contributed by atoms with Crippen molar-refractivity contribution in [2.75, 3.05) is 20.3 Å². The largest absolute Gasteiger partial charge is 0.466 e. The molecule has 0 saturated heterocycles. The van der Waals surface area contributed by atoms with E-state index in [1.54, 1.807) is 0 Å². The van der Waals surface area contributed by atoms with E-state index in [0.717, 1.165) is 29.5 Å². The Morgan fingerprint density at radius 3 is 2.68 bits per heavy atom. The van der Waals surface area contributed by atoms with Gasteiger partial charge in [0, 0.05) is 6.42 Å². The molecule has 150 valence electrons. The molecule has 1 heterocycles. The van der Waals surface area contributed by atoms with Gasteiger partial charge in [-0.25, -0.2) is 9.59 Å². The van der Waals surface area contributed by atoms with Crippen molar-refractivity contribution in [3.63, 3.8) is 0 Å². The molecule has 1 aromatic rings. The van der Waals surface area contributed by atoms with Crippen molar-refractivity contribution in [2.24, 2.45) is 5.16 Å². The first-order chi connectivity index (χ1) is 13.5. The number of carbonyl (C=O) groups excluding carboxylic acids is 2. The summed E-state index contributed by atoms with van der Waals surface area (Å²) in [7, 11) is 1.29. The second kappa shape index (κ2) is 11.1. The molecular formula is C22H27NO5. The first-order valence-electron chi connectivity index (χ1n) is 9.35. The van der Waals surface area contributed by atoms with Crippen LogP contribution in [0.15, 0.2) is 41.6 Å². The molecule has 28 heavy (non-hydrogen) atoms. The van der Waals surface area contributed by atoms with E-state index in [4.69, 9.17) is 9.57 Å². The number of ether oxygens (including phenoxy) is 2. The summed E-state index contributed by atoms with van der Waals surface area (Å²) >= 11 is 0. The van der Waals surface area contributed by atoms with E-state index in [-0.39, 0.29) is 12.6 Å². The van der Waals surface area contributed by atoms with Crippen LogP contribution in [0.4, 0.5) is 0 Å². The number of benzene rings is 1. The zero-order valence-electron chi connectivity index (χ0n) is 16.7. The van der Waals surface area contributed by atoms with Crippen LogP contribution in [-0.2, 0) is 25.5 Å². The summed E-state index contributed by atoms with van der Waals surface area (Å²) < 4.78 is 10.0. The fourth-order valence-corrected chi connectivity index (χ4v) is 2.97. The highest BCUT2D eigenvalue weighted by Gasteiger charge is 2.18. The Bertz CT molecular complexity index is 792. The molecule has 1 aliphatic heterocycles. The number of nitrogens with zero attached hydrogens (tertiary/aromatic N) is 1. The van der Waals surface area contributed by atoms with Gasteiger partial charge < -0.3 is 14.3 Å². The molecule has 0 atom stereocenters. The molecule has 2 rings (SSSR count). The van der Waals surface area contributed by atoms with Crippen LogP contribution in [0.25, 0.3) is 0 Å². The number of aryl methyl sites for hydroxylation is 2. The van der Waals surface area contributed by atoms with Crippen LogP contribution in [0.3, 0.4) is 0 Å². The van der Waals surface area contributed by atoms with Crippen molar-refractivity contribution in [3.05, 3.63) is 58.7 Å². The van der Waals surface area contributed by atoms with E-state index in [2.05, 4.69) is 16.0 Å². The lowest BCUT2D eigenvalue weighted by Gasteiger charge is -2.14. The summed E-state index contributed by atoms with van der Waals surface area (Å²) in [4.78, 5) is 29.0. The van der Waals surface area contributed by atoms with E-state index in [9.17, 15) is 9.59 Å². The zero-order chi connectivity index (χ0) is 20.4. The lowest BCUT2D eigenvalue weighted by Crippen LogP contribution is -2.14. The van der Waals surface area contributed by atoms with E-state index >= 15 is 0 Å². The first-order valence-corrected chi connectivity index (χ1v) is 9.35. The number of carbonyl (C=O) groups is 2. The van der Waals surface area contributed by atoms with Crippen LogP contribution in [0.5, 0.6) is 0 Å². The predicted octanol–water partition coefficient (Wildman–Crippen LogP) is 3.84. The fourth-order valence-electron chi connectivity index (χ4n) is 2.97. The van der Waals surface area contributed by atoms with Gasteiger partial charge in [0.05, 0.1) is 25.0 Å². The van der Waals surface area contributed by atoms with Crippen molar-refractivity contribution in [1.29, 1.82) is 0 Å². The third-order valence-electron chi connectivity index (χ3n) is 4.22. The van der Waals surface area contributed by atoms with Crippen molar-refractivity contribution in [1.82, 2.24) is 0 Å². The van der Waals surface area contributed by atoms with Crippen LogP contribution >= 0.6 is 0 Å². The number of rotatable bonds is 3. The molecule has 0 aromatic heterocycles. The number of hydrogen-bond acceptors (Lipinski definition) is 6. The molecule has 0 amide bonds. The minimum Gasteiger partial charge on any atom is -0.466 e. The summed E-state index contributed by atoms with van der Waals surface area (Å²) in [6.07, 6.45) is 10.8. The second-order valence-corrected chi connectivity index (χ2v) is 6.60. The van der Waals surface area contributed by atoms with Crippen LogP contribution in [0.2, 0.25) is 0 Å². The molecule has 6 nitrogen and oxygen atoms in total. The Morgan fingerprint density at radius 1 is 1.14 bits per heavy atom. The van der Waals surface area contributed by atoms with Gasteiger partial charge in [-0.3, -0.25) is 0 Å². The van der Waals surface area contributed by atoms with Gasteiger partial charge in [0.25, 0.3) is 0 Å². The molecule has 0 spiro atoms. The maximum Gasteiger partial charge on any atom is 0.346 e. The van der Waals surface area contributed by atoms with Crippen molar-refractivity contribution in [2.45, 2.75) is 39.5 Å². The van der Waals surface area contributed by atoms with Gasteiger partial charge in [-0.15, -0.1) is 0 Å². The molecule has 0 radical (unpaired) electrons. The number of esters is 2. The lowest BCUT2D eigenvalue weighted by molar-refractivity contribution is -0.145. The monoisotopic (exact) mass is 385 g/mol. The summed E-state index contributed by atoms with van der Waals surface area (Å²) in [6.45, 7) is 3.96. The van der Waals surface area contributed by atoms with Crippen LogP contribution in [0.1, 0.15) is 46.3 Å². The number of oxime groups is 1. The lowest BCUT2D eigenvalue weighted by atomic mass is 9.95. The summed E-state index contributed by atoms with van der Waals surface area (Å²) in [5, 5.41) is 4.08. The molecule has 1 aliphatic rings. The van der Waals surface area contributed by atoms with Gasteiger partial charge in [-0.1, -0.05) is 41.1 Å². The number of hydrogen-bond donors (Lipinski definition) is 0. The van der Waals surface area contributed by atoms with Crippen molar-refractivity contribution < 1.29 is 23.9 Å². The second-order valence-electron chi connectivity index (χ2n) is 6.60. The van der Waals surface area contributed by atoms with Gasteiger partial charge in [-0.2, -0.15) is 0 Å². The summed E-state index contributed by atoms with van der Waals surface area (Å²) in [5.41, 5.74) is 3.90. The molecule has 1 aromatic carbocycles. The first kappa shape index (κ1) is 21.4. The maximum atomic E-state index is 12.7. The SMILES string of the molecule is COC(=O)CO/N=C1\C=C\CC/C=C/CCOC(=O)c2c(C)cc(C)cc2C1. The molecule has 0 aliphatic carbocycles. The molecule has 0 fully saturated rings. The van der Waals surface area contributed by atoms with E-state index in [1.807, 2.05) is 44.2 Å². The average molecular weight is 385 g/mol. The Hall–Kier alpha value is -2.89. The fraction of sp³-hybridized carbons (Fsp3) is 0.409. The van der Waals surface area contributed by atoms with Crippen LogP contribution in [0, 0.1) is 13.8 Å². The smallest absolute Gasteiger partial charge is 0.346 e. The topological polar surface area (TPSA) is 74.2 Å². The minimum absolute atomic E-state index is 0.266. The van der Waals surface area contributed by atoms with Gasteiger partial charge in [0.1, 0.15) is 0 Å². The Labute approximate surface area is 165 Å². The van der Waals surface area contributed by atoms with Gasteiger partial charge in [0.2, 0.25) is 6.61 Å². The Morgan fingerprint density at radius 2 is 1.89 bits per heavy atom.